The third-order valence-electron chi connectivity index (χ3n) is 2.30. The van der Waals surface area contributed by atoms with Gasteiger partial charge in [-0.25, -0.2) is 18.0 Å². The molecule has 0 radical (unpaired) electrons. The number of rotatable bonds is 7. The Morgan fingerprint density at radius 3 is 2.57 bits per heavy atom. The summed E-state index contributed by atoms with van der Waals surface area (Å²) in [4.78, 5) is 22.1. The molecule has 1 amide bonds. The number of carboxylic acids is 1. The molecule has 0 aromatic heterocycles. The molecule has 5 nitrogen and oxygen atoms in total. The second-order valence-corrected chi connectivity index (χ2v) is 4.86. The molecule has 1 rings (SSSR count). The molecule has 1 aromatic carbocycles. The summed E-state index contributed by atoms with van der Waals surface area (Å²) < 4.78 is 43.0. The standard InChI is InChI=1S/C12H11BrF3NO4/c13-6-1-2-9(7(14)3-6)21-5-11(18)17-8(12(19)20)4-10(15)16/h1-3,8,10H,4-5H2,(H,17,18)(H,19,20). The van der Waals surface area contributed by atoms with Crippen molar-refractivity contribution in [3.05, 3.63) is 28.5 Å². The van der Waals surface area contributed by atoms with Gasteiger partial charge in [-0.05, 0) is 18.2 Å². The number of benzene rings is 1. The first-order valence-corrected chi connectivity index (χ1v) is 6.47. The summed E-state index contributed by atoms with van der Waals surface area (Å²) in [5.41, 5.74) is 0. The normalized spacial score (nSPS) is 12.0. The highest BCUT2D eigenvalue weighted by Crippen LogP contribution is 2.21. The lowest BCUT2D eigenvalue weighted by atomic mass is 10.2. The van der Waals surface area contributed by atoms with Crippen molar-refractivity contribution in [2.24, 2.45) is 0 Å². The Balaban J connectivity index is 2.54. The number of hydrogen-bond acceptors (Lipinski definition) is 3. The molecule has 0 spiro atoms. The maximum absolute atomic E-state index is 13.4. The summed E-state index contributed by atoms with van der Waals surface area (Å²) in [6, 6.07) is 2.13. The van der Waals surface area contributed by atoms with Crippen molar-refractivity contribution >= 4 is 27.8 Å². The van der Waals surface area contributed by atoms with Gasteiger partial charge >= 0.3 is 5.97 Å². The average Bonchev–Trinajstić information content (AvgIpc) is 2.36. The molecule has 0 saturated carbocycles. The van der Waals surface area contributed by atoms with Crippen LogP contribution in [0.3, 0.4) is 0 Å². The third kappa shape index (κ3) is 6.03. The van der Waals surface area contributed by atoms with E-state index in [1.807, 2.05) is 5.32 Å². The summed E-state index contributed by atoms with van der Waals surface area (Å²) in [6.45, 7) is -0.689. The summed E-state index contributed by atoms with van der Waals surface area (Å²) in [5, 5.41) is 10.6. The molecule has 9 heteroatoms. The van der Waals surface area contributed by atoms with E-state index in [2.05, 4.69) is 15.9 Å². The molecule has 1 unspecified atom stereocenters. The van der Waals surface area contributed by atoms with E-state index >= 15 is 0 Å². The molecule has 1 atom stereocenters. The Hall–Kier alpha value is -1.77. The minimum absolute atomic E-state index is 0.214. The van der Waals surface area contributed by atoms with Crippen LogP contribution < -0.4 is 10.1 Å². The van der Waals surface area contributed by atoms with E-state index in [-0.39, 0.29) is 5.75 Å². The third-order valence-corrected chi connectivity index (χ3v) is 2.79. The van der Waals surface area contributed by atoms with Crippen LogP contribution in [0.2, 0.25) is 0 Å². The monoisotopic (exact) mass is 369 g/mol. The number of amides is 1. The Bertz CT molecular complexity index is 527. The zero-order valence-corrected chi connectivity index (χ0v) is 12.1. The Kier molecular flexibility index (Phi) is 6.47. The van der Waals surface area contributed by atoms with Crippen LogP contribution in [-0.2, 0) is 9.59 Å². The number of nitrogens with one attached hydrogen (secondary N) is 1. The number of ether oxygens (including phenoxy) is 1. The van der Waals surface area contributed by atoms with E-state index in [1.54, 1.807) is 0 Å². The molecule has 1 aromatic rings. The molecule has 0 bridgehead atoms. The first-order chi connectivity index (χ1) is 9.79. The Morgan fingerprint density at radius 1 is 1.38 bits per heavy atom. The van der Waals surface area contributed by atoms with Crippen LogP contribution in [-0.4, -0.2) is 36.1 Å². The smallest absolute Gasteiger partial charge is 0.326 e. The molecule has 0 fully saturated rings. The van der Waals surface area contributed by atoms with Gasteiger partial charge in [0.2, 0.25) is 6.43 Å². The largest absolute Gasteiger partial charge is 0.481 e. The second kappa shape index (κ2) is 7.87. The molecular formula is C12H11BrF3NO4. The summed E-state index contributed by atoms with van der Waals surface area (Å²) in [5.74, 6) is -3.46. The van der Waals surface area contributed by atoms with Crippen molar-refractivity contribution in [2.75, 3.05) is 6.61 Å². The van der Waals surface area contributed by atoms with Gasteiger partial charge in [-0.1, -0.05) is 15.9 Å². The van der Waals surface area contributed by atoms with Crippen molar-refractivity contribution in [2.45, 2.75) is 18.9 Å². The van der Waals surface area contributed by atoms with E-state index in [9.17, 15) is 22.8 Å². The number of carbonyl (C=O) groups excluding carboxylic acids is 1. The molecule has 0 aliphatic rings. The van der Waals surface area contributed by atoms with Crippen LogP contribution in [0.5, 0.6) is 5.75 Å². The van der Waals surface area contributed by atoms with Crippen molar-refractivity contribution in [3.8, 4) is 5.75 Å². The lowest BCUT2D eigenvalue weighted by Crippen LogP contribution is -2.44. The second-order valence-electron chi connectivity index (χ2n) is 3.95. The van der Waals surface area contributed by atoms with Gasteiger partial charge in [0.05, 0.1) is 0 Å². The highest BCUT2D eigenvalue weighted by Gasteiger charge is 2.24. The topological polar surface area (TPSA) is 75.6 Å². The molecular weight excluding hydrogens is 359 g/mol. The fourth-order valence-corrected chi connectivity index (χ4v) is 1.70. The summed E-state index contributed by atoms with van der Waals surface area (Å²) in [6.07, 6.45) is -3.90. The first-order valence-electron chi connectivity index (χ1n) is 5.67. The lowest BCUT2D eigenvalue weighted by molar-refractivity contribution is -0.143. The van der Waals surface area contributed by atoms with Crippen LogP contribution in [0, 0.1) is 5.82 Å². The van der Waals surface area contributed by atoms with Crippen molar-refractivity contribution in [1.82, 2.24) is 5.32 Å². The number of alkyl halides is 2. The van der Waals surface area contributed by atoms with E-state index in [4.69, 9.17) is 9.84 Å². The maximum atomic E-state index is 13.4. The average molecular weight is 370 g/mol. The molecule has 21 heavy (non-hydrogen) atoms. The van der Waals surface area contributed by atoms with Crippen molar-refractivity contribution in [1.29, 1.82) is 0 Å². The van der Waals surface area contributed by atoms with Crippen LogP contribution in [0.15, 0.2) is 22.7 Å². The molecule has 0 aliphatic carbocycles. The van der Waals surface area contributed by atoms with Gasteiger partial charge in [0, 0.05) is 10.9 Å². The van der Waals surface area contributed by atoms with Gasteiger partial charge < -0.3 is 15.2 Å². The number of carboxylic acid groups (broad SMARTS) is 1. The number of carbonyl (C=O) groups is 2. The van der Waals surface area contributed by atoms with Gasteiger partial charge in [0.15, 0.2) is 18.2 Å². The zero-order chi connectivity index (χ0) is 16.0. The fourth-order valence-electron chi connectivity index (χ4n) is 1.37. The van der Waals surface area contributed by atoms with E-state index in [0.29, 0.717) is 4.47 Å². The minimum atomic E-state index is -2.88. The highest BCUT2D eigenvalue weighted by molar-refractivity contribution is 9.10. The van der Waals surface area contributed by atoms with Crippen LogP contribution in [0.25, 0.3) is 0 Å². The maximum Gasteiger partial charge on any atom is 0.326 e. The lowest BCUT2D eigenvalue weighted by Gasteiger charge is -2.14. The van der Waals surface area contributed by atoms with Crippen LogP contribution >= 0.6 is 15.9 Å². The number of aliphatic carboxylic acids is 1. The van der Waals surface area contributed by atoms with Crippen molar-refractivity contribution < 1.29 is 32.6 Å². The van der Waals surface area contributed by atoms with Gasteiger partial charge in [0.25, 0.3) is 5.91 Å². The van der Waals surface area contributed by atoms with Gasteiger partial charge in [-0.2, -0.15) is 0 Å². The van der Waals surface area contributed by atoms with Gasteiger partial charge in [-0.3, -0.25) is 4.79 Å². The first kappa shape index (κ1) is 17.3. The Morgan fingerprint density at radius 2 is 2.05 bits per heavy atom. The summed E-state index contributed by atoms with van der Waals surface area (Å²) in [7, 11) is 0. The quantitative estimate of drug-likeness (QED) is 0.772. The minimum Gasteiger partial charge on any atom is -0.481 e. The summed E-state index contributed by atoms with van der Waals surface area (Å²) >= 11 is 3.04. The van der Waals surface area contributed by atoms with E-state index in [1.165, 1.54) is 12.1 Å². The molecule has 2 N–H and O–H groups in total. The molecule has 0 saturated heterocycles. The molecule has 0 aliphatic heterocycles. The zero-order valence-electron chi connectivity index (χ0n) is 10.5. The van der Waals surface area contributed by atoms with Crippen LogP contribution in [0.1, 0.15) is 6.42 Å². The Labute approximate surface area is 126 Å². The molecule has 116 valence electrons. The predicted molar refractivity (Wildman–Crippen MR) is 69.8 cm³/mol. The highest BCUT2D eigenvalue weighted by atomic mass is 79.9. The molecule has 0 heterocycles. The van der Waals surface area contributed by atoms with Crippen molar-refractivity contribution in [3.63, 3.8) is 0 Å². The van der Waals surface area contributed by atoms with E-state index in [0.717, 1.165) is 6.07 Å². The number of halogens is 4. The fraction of sp³-hybridized carbons (Fsp3) is 0.333. The van der Waals surface area contributed by atoms with Crippen LogP contribution in [0.4, 0.5) is 13.2 Å². The number of hydrogen-bond donors (Lipinski definition) is 2. The predicted octanol–water partition coefficient (Wildman–Crippen LogP) is 2.19. The van der Waals surface area contributed by atoms with Gasteiger partial charge in [0.1, 0.15) is 6.04 Å². The SMILES string of the molecule is O=C(COc1ccc(Br)cc1F)NC(CC(F)F)C(=O)O. The van der Waals surface area contributed by atoms with Gasteiger partial charge in [-0.15, -0.1) is 0 Å². The van der Waals surface area contributed by atoms with E-state index < -0.39 is 43.2 Å².